The van der Waals surface area contributed by atoms with Crippen LogP contribution in [0.2, 0.25) is 5.02 Å². The number of hydrogen-bond donors (Lipinski definition) is 0. The Morgan fingerprint density at radius 1 is 1.47 bits per heavy atom. The highest BCUT2D eigenvalue weighted by Gasteiger charge is 2.11. The van der Waals surface area contributed by atoms with E-state index in [1.54, 1.807) is 7.11 Å². The highest BCUT2D eigenvalue weighted by atomic mass is 35.5. The van der Waals surface area contributed by atoms with Crippen molar-refractivity contribution in [2.45, 2.75) is 26.2 Å². The number of benzene rings is 1. The Bertz CT molecular complexity index is 393. The predicted molar refractivity (Wildman–Crippen MR) is 61.4 cm³/mol. The van der Waals surface area contributed by atoms with Crippen molar-refractivity contribution < 1.29 is 4.74 Å². The molecule has 0 aliphatic rings. The number of halogens is 1. The number of nitriles is 1. The van der Waals surface area contributed by atoms with E-state index in [0.717, 1.165) is 11.1 Å². The minimum atomic E-state index is 0.361. The lowest BCUT2D eigenvalue weighted by Crippen LogP contribution is -1.97. The summed E-state index contributed by atoms with van der Waals surface area (Å²) in [5.41, 5.74) is 2.11. The molecule has 0 saturated heterocycles. The van der Waals surface area contributed by atoms with Gasteiger partial charge in [-0.25, -0.2) is 0 Å². The maximum atomic E-state index is 8.72. The lowest BCUT2D eigenvalue weighted by molar-refractivity contribution is 0.414. The summed E-state index contributed by atoms with van der Waals surface area (Å²) < 4.78 is 5.15. The molecule has 0 atom stereocenters. The highest BCUT2D eigenvalue weighted by Crippen LogP contribution is 2.31. The molecular formula is C12H14ClNO. The summed E-state index contributed by atoms with van der Waals surface area (Å²) >= 11 is 6.01. The monoisotopic (exact) mass is 223 g/mol. The molecule has 0 heterocycles. The van der Waals surface area contributed by atoms with Gasteiger partial charge in [0.2, 0.25) is 0 Å². The van der Waals surface area contributed by atoms with Gasteiger partial charge in [0.15, 0.2) is 0 Å². The third-order valence-electron chi connectivity index (χ3n) is 2.31. The van der Waals surface area contributed by atoms with Gasteiger partial charge in [-0.3, -0.25) is 0 Å². The Labute approximate surface area is 95.4 Å². The summed E-state index contributed by atoms with van der Waals surface area (Å²) in [4.78, 5) is 0. The fourth-order valence-electron chi connectivity index (χ4n) is 1.54. The Balaban J connectivity index is 3.26. The number of ether oxygens (including phenoxy) is 1. The molecule has 0 fully saturated rings. The SMILES string of the molecule is COc1cc(C(C)C)c(CC#N)cc1Cl. The summed E-state index contributed by atoms with van der Waals surface area (Å²) in [7, 11) is 1.59. The standard InChI is InChI=1S/C12H14ClNO/c1-8(2)10-7-12(15-3)11(13)6-9(10)4-5-14/h6-8H,4H2,1-3H3. The molecule has 0 aromatic heterocycles. The van der Waals surface area contributed by atoms with Gasteiger partial charge < -0.3 is 4.74 Å². The van der Waals surface area contributed by atoms with Crippen LogP contribution in [-0.4, -0.2) is 7.11 Å². The van der Waals surface area contributed by atoms with Crippen LogP contribution < -0.4 is 4.74 Å². The first-order valence-corrected chi connectivity index (χ1v) is 5.21. The number of nitrogens with zero attached hydrogens (tertiary/aromatic N) is 1. The summed E-state index contributed by atoms with van der Waals surface area (Å²) in [6, 6.07) is 5.88. The molecule has 1 rings (SSSR count). The van der Waals surface area contributed by atoms with E-state index in [1.807, 2.05) is 12.1 Å². The summed E-state index contributed by atoms with van der Waals surface area (Å²) in [6.45, 7) is 4.17. The Morgan fingerprint density at radius 3 is 2.60 bits per heavy atom. The topological polar surface area (TPSA) is 33.0 Å². The van der Waals surface area contributed by atoms with Gasteiger partial charge in [0.25, 0.3) is 0 Å². The van der Waals surface area contributed by atoms with Gasteiger partial charge in [-0.15, -0.1) is 0 Å². The third-order valence-corrected chi connectivity index (χ3v) is 2.60. The third kappa shape index (κ3) is 2.64. The van der Waals surface area contributed by atoms with E-state index in [1.165, 1.54) is 0 Å². The lowest BCUT2D eigenvalue weighted by Gasteiger charge is -2.13. The van der Waals surface area contributed by atoms with Gasteiger partial charge in [-0.05, 0) is 29.2 Å². The minimum Gasteiger partial charge on any atom is -0.495 e. The van der Waals surface area contributed by atoms with Gasteiger partial charge in [0.05, 0.1) is 24.6 Å². The van der Waals surface area contributed by atoms with Crippen molar-refractivity contribution in [1.82, 2.24) is 0 Å². The fraction of sp³-hybridized carbons (Fsp3) is 0.417. The first kappa shape index (κ1) is 11.9. The smallest absolute Gasteiger partial charge is 0.137 e. The Hall–Kier alpha value is -1.20. The van der Waals surface area contributed by atoms with Crippen molar-refractivity contribution in [1.29, 1.82) is 5.26 Å². The van der Waals surface area contributed by atoms with E-state index in [0.29, 0.717) is 23.1 Å². The molecule has 0 aliphatic carbocycles. The second-order valence-electron chi connectivity index (χ2n) is 3.68. The Kier molecular flexibility index (Phi) is 3.99. The number of rotatable bonds is 3. The zero-order valence-electron chi connectivity index (χ0n) is 9.17. The molecule has 1 aromatic rings. The molecule has 0 aliphatic heterocycles. The second kappa shape index (κ2) is 5.04. The quantitative estimate of drug-likeness (QED) is 0.785. The molecule has 0 spiro atoms. The van der Waals surface area contributed by atoms with Crippen molar-refractivity contribution in [2.75, 3.05) is 7.11 Å². The van der Waals surface area contributed by atoms with E-state index in [4.69, 9.17) is 21.6 Å². The summed E-state index contributed by atoms with van der Waals surface area (Å²) in [5.74, 6) is 1.03. The first-order valence-electron chi connectivity index (χ1n) is 4.83. The van der Waals surface area contributed by atoms with E-state index >= 15 is 0 Å². The largest absolute Gasteiger partial charge is 0.495 e. The molecule has 1 aromatic carbocycles. The van der Waals surface area contributed by atoms with Crippen LogP contribution in [0.3, 0.4) is 0 Å². The molecule has 0 saturated carbocycles. The van der Waals surface area contributed by atoms with Crippen LogP contribution in [0, 0.1) is 11.3 Å². The molecular weight excluding hydrogens is 210 g/mol. The van der Waals surface area contributed by atoms with Crippen LogP contribution >= 0.6 is 11.6 Å². The van der Waals surface area contributed by atoms with Gasteiger partial charge >= 0.3 is 0 Å². The molecule has 0 bridgehead atoms. The highest BCUT2D eigenvalue weighted by molar-refractivity contribution is 6.32. The van der Waals surface area contributed by atoms with Crippen LogP contribution in [0.25, 0.3) is 0 Å². The van der Waals surface area contributed by atoms with Gasteiger partial charge in [0.1, 0.15) is 5.75 Å². The van der Waals surface area contributed by atoms with E-state index in [2.05, 4.69) is 19.9 Å². The molecule has 0 radical (unpaired) electrons. The fourth-order valence-corrected chi connectivity index (χ4v) is 1.81. The zero-order chi connectivity index (χ0) is 11.4. The molecule has 0 amide bonds. The number of methoxy groups -OCH3 is 1. The molecule has 3 heteroatoms. The van der Waals surface area contributed by atoms with Gasteiger partial charge in [-0.1, -0.05) is 25.4 Å². The van der Waals surface area contributed by atoms with Gasteiger partial charge in [0, 0.05) is 0 Å². The van der Waals surface area contributed by atoms with E-state index in [9.17, 15) is 0 Å². The van der Waals surface area contributed by atoms with Crippen LogP contribution in [0.15, 0.2) is 12.1 Å². The summed E-state index contributed by atoms with van der Waals surface area (Å²) in [6.07, 6.45) is 0.386. The van der Waals surface area contributed by atoms with Crippen LogP contribution in [-0.2, 0) is 6.42 Å². The van der Waals surface area contributed by atoms with Gasteiger partial charge in [-0.2, -0.15) is 5.26 Å². The van der Waals surface area contributed by atoms with Crippen molar-refractivity contribution in [2.24, 2.45) is 0 Å². The zero-order valence-corrected chi connectivity index (χ0v) is 9.93. The van der Waals surface area contributed by atoms with Crippen LogP contribution in [0.5, 0.6) is 5.75 Å². The summed E-state index contributed by atoms with van der Waals surface area (Å²) in [5, 5.41) is 9.28. The molecule has 0 N–H and O–H groups in total. The molecule has 2 nitrogen and oxygen atoms in total. The maximum absolute atomic E-state index is 8.72. The van der Waals surface area contributed by atoms with Crippen molar-refractivity contribution in [3.63, 3.8) is 0 Å². The van der Waals surface area contributed by atoms with Crippen molar-refractivity contribution >= 4 is 11.6 Å². The van der Waals surface area contributed by atoms with Crippen molar-refractivity contribution in [3.05, 3.63) is 28.3 Å². The normalized spacial score (nSPS) is 10.1. The molecule has 80 valence electrons. The van der Waals surface area contributed by atoms with Crippen LogP contribution in [0.1, 0.15) is 30.9 Å². The van der Waals surface area contributed by atoms with E-state index < -0.39 is 0 Å². The molecule has 0 unspecified atom stereocenters. The molecule has 15 heavy (non-hydrogen) atoms. The maximum Gasteiger partial charge on any atom is 0.137 e. The lowest BCUT2D eigenvalue weighted by atomic mass is 9.95. The minimum absolute atomic E-state index is 0.361. The van der Waals surface area contributed by atoms with Crippen LogP contribution in [0.4, 0.5) is 0 Å². The van der Waals surface area contributed by atoms with Crippen molar-refractivity contribution in [3.8, 4) is 11.8 Å². The first-order chi connectivity index (χ1) is 7.10. The van der Waals surface area contributed by atoms with E-state index in [-0.39, 0.29) is 0 Å². The predicted octanol–water partition coefficient (Wildman–Crippen LogP) is 3.54. The average Bonchev–Trinajstić information content (AvgIpc) is 2.18. The average molecular weight is 224 g/mol. The second-order valence-corrected chi connectivity index (χ2v) is 4.08. The number of hydrogen-bond acceptors (Lipinski definition) is 2. The Morgan fingerprint density at radius 2 is 2.13 bits per heavy atom.